The molecule has 2 saturated carbocycles. The van der Waals surface area contributed by atoms with Crippen LogP contribution in [0, 0.1) is 17.3 Å². The molecule has 3 N–H and O–H groups in total. The van der Waals surface area contributed by atoms with Gasteiger partial charge in [-0.25, -0.2) is 4.98 Å². The number of hydrogen-bond donors (Lipinski definition) is 3. The minimum absolute atomic E-state index is 0.0719. The molecule has 1 aliphatic heterocycles. The number of carbonyl (C=O) groups excluding carboxylic acids is 2. The van der Waals surface area contributed by atoms with Crippen molar-refractivity contribution in [1.82, 2.24) is 20.1 Å². The molecule has 0 aromatic carbocycles. The molecule has 0 spiro atoms. The van der Waals surface area contributed by atoms with Crippen LogP contribution < -0.4 is 15.5 Å². The van der Waals surface area contributed by atoms with E-state index < -0.39 is 6.04 Å². The first-order valence-corrected chi connectivity index (χ1v) is 13.3. The van der Waals surface area contributed by atoms with Gasteiger partial charge >= 0.3 is 0 Å². The molecule has 1 saturated heterocycles. The highest BCUT2D eigenvalue weighted by Gasteiger charge is 2.54. The topological polar surface area (TPSA) is 112 Å². The van der Waals surface area contributed by atoms with Crippen molar-refractivity contribution in [3.05, 3.63) is 36.3 Å². The molecule has 194 valence electrons. The summed E-state index contributed by atoms with van der Waals surface area (Å²) in [5, 5.41) is 20.0. The van der Waals surface area contributed by atoms with Crippen LogP contribution in [-0.4, -0.2) is 56.9 Å². The molecule has 1 unspecified atom stereocenters. The van der Waals surface area contributed by atoms with Gasteiger partial charge in [0.15, 0.2) is 0 Å². The number of aromatic nitrogens is 3. The highest BCUT2D eigenvalue weighted by atomic mass is 16.3. The largest absolute Gasteiger partial charge is 0.394 e. The van der Waals surface area contributed by atoms with E-state index in [1.54, 1.807) is 25.5 Å². The number of piperidine rings is 1. The summed E-state index contributed by atoms with van der Waals surface area (Å²) in [7, 11) is 1.73. The van der Waals surface area contributed by atoms with Gasteiger partial charge in [-0.1, -0.05) is 26.2 Å². The highest BCUT2D eigenvalue weighted by Crippen LogP contribution is 2.58. The average Bonchev–Trinajstić information content (AvgIpc) is 3.45. The number of rotatable bonds is 9. The fourth-order valence-corrected chi connectivity index (χ4v) is 6.05. The van der Waals surface area contributed by atoms with Crippen molar-refractivity contribution in [1.29, 1.82) is 0 Å². The quantitative estimate of drug-likeness (QED) is 0.494. The number of nitrogens with zero attached hydrogens (tertiary/aromatic N) is 4. The molecular formula is C27H38N6O3. The third-order valence-corrected chi connectivity index (χ3v) is 8.63. The van der Waals surface area contributed by atoms with Gasteiger partial charge in [0.1, 0.15) is 17.6 Å². The van der Waals surface area contributed by atoms with E-state index in [4.69, 9.17) is 0 Å². The van der Waals surface area contributed by atoms with Gasteiger partial charge < -0.3 is 20.6 Å². The summed E-state index contributed by atoms with van der Waals surface area (Å²) in [5.41, 5.74) is 1.11. The summed E-state index contributed by atoms with van der Waals surface area (Å²) in [6.07, 6.45) is 12.0. The first-order chi connectivity index (χ1) is 17.4. The van der Waals surface area contributed by atoms with Gasteiger partial charge in [-0.2, -0.15) is 5.10 Å². The van der Waals surface area contributed by atoms with Gasteiger partial charge in [-0.3, -0.25) is 14.3 Å². The minimum Gasteiger partial charge on any atom is -0.394 e. The first kappa shape index (κ1) is 24.7. The molecule has 9 heteroatoms. The Morgan fingerprint density at radius 3 is 2.56 bits per heavy atom. The second-order valence-corrected chi connectivity index (χ2v) is 11.1. The van der Waals surface area contributed by atoms with Crippen LogP contribution in [0.5, 0.6) is 0 Å². The molecule has 3 fully saturated rings. The third-order valence-electron chi connectivity index (χ3n) is 8.63. The Bertz CT molecular complexity index is 1080. The lowest BCUT2D eigenvalue weighted by atomic mass is 9.66. The summed E-state index contributed by atoms with van der Waals surface area (Å²) >= 11 is 0. The molecule has 9 nitrogen and oxygen atoms in total. The molecule has 2 aromatic heterocycles. The van der Waals surface area contributed by atoms with Gasteiger partial charge in [0.05, 0.1) is 24.5 Å². The van der Waals surface area contributed by atoms with Gasteiger partial charge in [0.25, 0.3) is 5.91 Å². The van der Waals surface area contributed by atoms with Crippen molar-refractivity contribution in [3.63, 3.8) is 0 Å². The molecule has 3 atom stereocenters. The molecule has 2 aromatic rings. The first-order valence-electron chi connectivity index (χ1n) is 13.3. The lowest BCUT2D eigenvalue weighted by Crippen LogP contribution is -2.54. The Balaban J connectivity index is 1.35. The standard InChI is InChI=1S/C27H38N6O3/c1-27(12-13-27)23(18-6-5-7-18)24(31-25(35)21-11-14-29-32(21)2)26(36)30-19-9-10-22(28-16-19)33-15-4-3-8-20(33)17-34/h9-11,14,16,18,20,23-24,34H,3-8,12-13,15,17H2,1-2H3,(H,30,36)(H,31,35)/t20-,23?,24-/m0/s1. The fourth-order valence-electron chi connectivity index (χ4n) is 6.05. The van der Waals surface area contributed by atoms with Crippen molar-refractivity contribution < 1.29 is 14.7 Å². The van der Waals surface area contributed by atoms with E-state index in [0.717, 1.165) is 57.3 Å². The van der Waals surface area contributed by atoms with Crippen LogP contribution in [0.25, 0.3) is 0 Å². The van der Waals surface area contributed by atoms with Crippen molar-refractivity contribution in [2.24, 2.45) is 24.3 Å². The van der Waals surface area contributed by atoms with E-state index in [1.165, 1.54) is 11.1 Å². The van der Waals surface area contributed by atoms with Crippen LogP contribution >= 0.6 is 0 Å². The molecular weight excluding hydrogens is 456 g/mol. The number of aliphatic hydroxyl groups is 1. The third kappa shape index (κ3) is 4.98. The number of carbonyl (C=O) groups is 2. The predicted molar refractivity (Wildman–Crippen MR) is 138 cm³/mol. The van der Waals surface area contributed by atoms with Crippen LogP contribution in [0.2, 0.25) is 0 Å². The van der Waals surface area contributed by atoms with E-state index in [9.17, 15) is 14.7 Å². The Hall–Kier alpha value is -2.94. The average molecular weight is 495 g/mol. The van der Waals surface area contributed by atoms with Gasteiger partial charge in [0.2, 0.25) is 5.91 Å². The highest BCUT2D eigenvalue weighted by molar-refractivity contribution is 6.00. The summed E-state index contributed by atoms with van der Waals surface area (Å²) in [5.74, 6) is 0.865. The molecule has 2 aliphatic carbocycles. The van der Waals surface area contributed by atoms with E-state index in [2.05, 4.69) is 32.5 Å². The maximum Gasteiger partial charge on any atom is 0.270 e. The van der Waals surface area contributed by atoms with Gasteiger partial charge in [0, 0.05) is 19.8 Å². The number of hydrogen-bond acceptors (Lipinski definition) is 6. The van der Waals surface area contributed by atoms with Crippen molar-refractivity contribution >= 4 is 23.3 Å². The number of aryl methyl sites for hydroxylation is 1. The Labute approximate surface area is 212 Å². The second kappa shape index (κ2) is 10.2. The molecule has 0 radical (unpaired) electrons. The molecule has 36 heavy (non-hydrogen) atoms. The molecule has 3 heterocycles. The Morgan fingerprint density at radius 2 is 1.97 bits per heavy atom. The zero-order chi connectivity index (χ0) is 25.3. The lowest BCUT2D eigenvalue weighted by molar-refractivity contribution is -0.121. The molecule has 3 aliphatic rings. The maximum atomic E-state index is 13.7. The maximum absolute atomic E-state index is 13.7. The minimum atomic E-state index is -0.634. The van der Waals surface area contributed by atoms with E-state index in [1.807, 2.05) is 12.1 Å². The number of aliphatic hydroxyl groups excluding tert-OH is 1. The second-order valence-electron chi connectivity index (χ2n) is 11.1. The van der Waals surface area contributed by atoms with Crippen LogP contribution in [0.4, 0.5) is 11.5 Å². The normalized spacial score (nSPS) is 22.9. The van der Waals surface area contributed by atoms with Crippen LogP contribution in [-0.2, 0) is 11.8 Å². The summed E-state index contributed by atoms with van der Waals surface area (Å²) in [6.45, 7) is 3.23. The summed E-state index contributed by atoms with van der Waals surface area (Å²) in [4.78, 5) is 33.6. The number of amides is 2. The smallest absolute Gasteiger partial charge is 0.270 e. The lowest BCUT2D eigenvalue weighted by Gasteiger charge is -2.42. The molecule has 5 rings (SSSR count). The molecule has 0 bridgehead atoms. The van der Waals surface area contributed by atoms with E-state index >= 15 is 0 Å². The SMILES string of the molecule is Cn1nccc1C(=O)N[C@H](C(=O)Nc1ccc(N2CCCC[C@H]2CO)nc1)C(C1CCC1)C1(C)CC1. The summed E-state index contributed by atoms with van der Waals surface area (Å²) < 4.78 is 1.53. The molecule has 2 amide bonds. The van der Waals surface area contributed by atoms with Gasteiger partial charge in [-0.05, 0) is 67.6 Å². The van der Waals surface area contributed by atoms with E-state index in [-0.39, 0.29) is 35.8 Å². The number of anilines is 2. The Morgan fingerprint density at radius 1 is 1.17 bits per heavy atom. The summed E-state index contributed by atoms with van der Waals surface area (Å²) in [6, 6.07) is 4.88. The van der Waals surface area contributed by atoms with Crippen LogP contribution in [0.15, 0.2) is 30.6 Å². The van der Waals surface area contributed by atoms with E-state index in [0.29, 0.717) is 17.3 Å². The van der Waals surface area contributed by atoms with Crippen molar-refractivity contribution in [2.45, 2.75) is 70.4 Å². The predicted octanol–water partition coefficient (Wildman–Crippen LogP) is 3.12. The van der Waals surface area contributed by atoms with Crippen LogP contribution in [0.3, 0.4) is 0 Å². The van der Waals surface area contributed by atoms with Crippen molar-refractivity contribution in [2.75, 3.05) is 23.4 Å². The van der Waals surface area contributed by atoms with Gasteiger partial charge in [-0.15, -0.1) is 0 Å². The van der Waals surface area contributed by atoms with Crippen molar-refractivity contribution in [3.8, 4) is 0 Å². The number of pyridine rings is 1. The zero-order valence-corrected chi connectivity index (χ0v) is 21.3. The zero-order valence-electron chi connectivity index (χ0n) is 21.3. The monoisotopic (exact) mass is 494 g/mol. The number of nitrogens with one attached hydrogen (secondary N) is 2. The Kier molecular flexibility index (Phi) is 7.01. The van der Waals surface area contributed by atoms with Crippen LogP contribution in [0.1, 0.15) is 68.8 Å². The fraction of sp³-hybridized carbons (Fsp3) is 0.630.